The molecule has 3 aromatic rings. The number of carbonyl (C=O) groups excluding carboxylic acids is 4. The molecular formula is C27H23NO6S. The Labute approximate surface area is 206 Å². The summed E-state index contributed by atoms with van der Waals surface area (Å²) in [6, 6.07) is 25.0. The molecule has 1 fully saturated rings. The molecule has 0 aliphatic carbocycles. The van der Waals surface area contributed by atoms with Crippen LogP contribution in [0.4, 0.5) is 4.79 Å². The molecule has 1 aliphatic heterocycles. The van der Waals surface area contributed by atoms with Crippen molar-refractivity contribution >= 4 is 34.7 Å². The lowest BCUT2D eigenvalue weighted by Gasteiger charge is -2.28. The van der Waals surface area contributed by atoms with Crippen LogP contribution in [0, 0.1) is 5.92 Å². The molecule has 2 amide bonds. The van der Waals surface area contributed by atoms with Gasteiger partial charge in [0, 0.05) is 10.8 Å². The smallest absolute Gasteiger partial charge is 0.320 e. The number of esters is 1. The molecule has 35 heavy (non-hydrogen) atoms. The van der Waals surface area contributed by atoms with Crippen LogP contribution in [0.3, 0.4) is 0 Å². The molecule has 1 unspecified atom stereocenters. The second kappa shape index (κ2) is 11.5. The van der Waals surface area contributed by atoms with Gasteiger partial charge in [-0.05, 0) is 29.7 Å². The molecule has 1 N–H and O–H groups in total. The second-order valence-electron chi connectivity index (χ2n) is 7.93. The molecule has 0 aromatic heterocycles. The minimum Gasteiger partial charge on any atom is -0.485 e. The van der Waals surface area contributed by atoms with Crippen molar-refractivity contribution in [1.82, 2.24) is 5.32 Å². The Hall–Kier alpha value is -3.91. The number of ketones is 1. The fourth-order valence-electron chi connectivity index (χ4n) is 3.63. The predicted octanol–water partition coefficient (Wildman–Crippen LogP) is 4.20. The minimum absolute atomic E-state index is 0.0442. The Morgan fingerprint density at radius 3 is 2.17 bits per heavy atom. The molecule has 1 saturated heterocycles. The number of thioether (sulfide) groups is 1. The van der Waals surface area contributed by atoms with Crippen molar-refractivity contribution in [2.45, 2.75) is 18.3 Å². The Balaban J connectivity index is 1.37. The number of amides is 2. The van der Waals surface area contributed by atoms with Crippen molar-refractivity contribution in [3.8, 4) is 5.75 Å². The molecule has 3 aromatic carbocycles. The van der Waals surface area contributed by atoms with E-state index in [1.54, 1.807) is 48.5 Å². The van der Waals surface area contributed by atoms with Crippen LogP contribution in [0.1, 0.15) is 21.5 Å². The lowest BCUT2D eigenvalue weighted by molar-refractivity contribution is -0.153. The molecule has 1 aliphatic rings. The highest BCUT2D eigenvalue weighted by molar-refractivity contribution is 8.14. The van der Waals surface area contributed by atoms with Crippen LogP contribution in [0.15, 0.2) is 84.9 Å². The standard InChI is InChI=1S/C27H23NO6S/c29-22(20-9-5-2-6-10-20)17-33-21-13-11-18(12-14-21)15-23-24(25(30)28-27(32)35-23)26(31)34-16-19-7-3-1-4-8-19/h1-14,23-24H,15-17H2,(H,28,30,32)/t23-,24?/m0/s1. The largest absolute Gasteiger partial charge is 0.485 e. The highest BCUT2D eigenvalue weighted by atomic mass is 32.2. The molecule has 4 rings (SSSR count). The van der Waals surface area contributed by atoms with Crippen LogP contribution in [-0.4, -0.2) is 34.8 Å². The summed E-state index contributed by atoms with van der Waals surface area (Å²) in [5, 5.41) is 1.11. The summed E-state index contributed by atoms with van der Waals surface area (Å²) in [7, 11) is 0. The van der Waals surface area contributed by atoms with E-state index in [9.17, 15) is 19.2 Å². The van der Waals surface area contributed by atoms with Crippen LogP contribution < -0.4 is 10.1 Å². The number of hydrogen-bond donors (Lipinski definition) is 1. The van der Waals surface area contributed by atoms with Crippen LogP contribution in [0.2, 0.25) is 0 Å². The first kappa shape index (κ1) is 24.2. The summed E-state index contributed by atoms with van der Waals surface area (Å²) >= 11 is 0.911. The monoisotopic (exact) mass is 489 g/mol. The molecular weight excluding hydrogens is 466 g/mol. The first-order valence-electron chi connectivity index (χ1n) is 11.0. The van der Waals surface area contributed by atoms with E-state index >= 15 is 0 Å². The van der Waals surface area contributed by atoms with Gasteiger partial charge >= 0.3 is 5.97 Å². The average molecular weight is 490 g/mol. The molecule has 2 atom stereocenters. The predicted molar refractivity (Wildman–Crippen MR) is 131 cm³/mol. The van der Waals surface area contributed by atoms with Crippen LogP contribution >= 0.6 is 11.8 Å². The van der Waals surface area contributed by atoms with Gasteiger partial charge in [-0.2, -0.15) is 0 Å². The third kappa shape index (κ3) is 6.58. The van der Waals surface area contributed by atoms with Gasteiger partial charge in [0.25, 0.3) is 5.24 Å². The first-order valence-corrected chi connectivity index (χ1v) is 11.9. The Morgan fingerprint density at radius 1 is 0.829 bits per heavy atom. The van der Waals surface area contributed by atoms with Crippen molar-refractivity contribution in [3.05, 3.63) is 102 Å². The second-order valence-corrected chi connectivity index (χ2v) is 9.14. The highest BCUT2D eigenvalue weighted by Gasteiger charge is 2.42. The number of benzene rings is 3. The van der Waals surface area contributed by atoms with E-state index in [0.29, 0.717) is 17.7 Å². The highest BCUT2D eigenvalue weighted by Crippen LogP contribution is 2.30. The van der Waals surface area contributed by atoms with Gasteiger partial charge in [-0.25, -0.2) is 0 Å². The number of hydrogen-bond acceptors (Lipinski definition) is 7. The van der Waals surface area contributed by atoms with Crippen LogP contribution in [0.25, 0.3) is 0 Å². The van der Waals surface area contributed by atoms with Crippen molar-refractivity contribution in [2.75, 3.05) is 6.61 Å². The number of nitrogens with one attached hydrogen (secondary N) is 1. The molecule has 7 nitrogen and oxygen atoms in total. The summed E-state index contributed by atoms with van der Waals surface area (Å²) in [5.41, 5.74) is 2.19. The molecule has 0 radical (unpaired) electrons. The summed E-state index contributed by atoms with van der Waals surface area (Å²) in [6.07, 6.45) is 0.304. The first-order chi connectivity index (χ1) is 17.0. The van der Waals surface area contributed by atoms with Gasteiger partial charge in [0.15, 0.2) is 12.4 Å². The third-order valence-electron chi connectivity index (χ3n) is 5.44. The lowest BCUT2D eigenvalue weighted by atomic mass is 9.97. The van der Waals surface area contributed by atoms with Gasteiger partial charge in [0.2, 0.25) is 5.91 Å². The maximum atomic E-state index is 12.7. The number of ether oxygens (including phenoxy) is 2. The van der Waals surface area contributed by atoms with Crippen molar-refractivity contribution in [2.24, 2.45) is 5.92 Å². The Morgan fingerprint density at radius 2 is 1.49 bits per heavy atom. The van der Waals surface area contributed by atoms with E-state index in [0.717, 1.165) is 22.9 Å². The summed E-state index contributed by atoms with van der Waals surface area (Å²) in [4.78, 5) is 49.4. The summed E-state index contributed by atoms with van der Waals surface area (Å²) < 4.78 is 11.0. The zero-order valence-electron chi connectivity index (χ0n) is 18.7. The summed E-state index contributed by atoms with van der Waals surface area (Å²) in [6.45, 7) is -0.0473. The molecule has 0 spiro atoms. The molecule has 1 heterocycles. The third-order valence-corrected chi connectivity index (χ3v) is 6.50. The van der Waals surface area contributed by atoms with Crippen molar-refractivity contribution in [1.29, 1.82) is 0 Å². The molecule has 0 saturated carbocycles. The topological polar surface area (TPSA) is 98.8 Å². The van der Waals surface area contributed by atoms with E-state index < -0.39 is 28.3 Å². The molecule has 0 bridgehead atoms. The van der Waals surface area contributed by atoms with Crippen molar-refractivity contribution < 1.29 is 28.7 Å². The van der Waals surface area contributed by atoms with E-state index in [1.165, 1.54) is 0 Å². The van der Waals surface area contributed by atoms with Gasteiger partial charge in [0.05, 0.1) is 0 Å². The summed E-state index contributed by atoms with van der Waals surface area (Å²) in [5.74, 6) is -2.05. The number of Topliss-reactive ketones (excluding diaryl/α,β-unsaturated/α-hetero) is 1. The van der Waals surface area contributed by atoms with Gasteiger partial charge in [-0.15, -0.1) is 0 Å². The zero-order chi connectivity index (χ0) is 24.6. The molecule has 8 heteroatoms. The number of imide groups is 1. The number of carbonyl (C=O) groups is 4. The average Bonchev–Trinajstić information content (AvgIpc) is 2.87. The van der Waals surface area contributed by atoms with Crippen LogP contribution in [-0.2, 0) is 27.4 Å². The SMILES string of the molecule is O=C1NC(=O)C(C(=O)OCc2ccccc2)[C@H](Cc2ccc(OCC(=O)c3ccccc3)cc2)S1. The minimum atomic E-state index is -1.11. The van der Waals surface area contributed by atoms with E-state index in [1.807, 2.05) is 36.4 Å². The lowest BCUT2D eigenvalue weighted by Crippen LogP contribution is -2.49. The normalized spacial score (nSPS) is 17.4. The maximum Gasteiger partial charge on any atom is 0.320 e. The van der Waals surface area contributed by atoms with E-state index in [-0.39, 0.29) is 19.0 Å². The van der Waals surface area contributed by atoms with Gasteiger partial charge in [-0.3, -0.25) is 24.5 Å². The molecule has 178 valence electrons. The van der Waals surface area contributed by atoms with E-state index in [2.05, 4.69) is 5.32 Å². The van der Waals surface area contributed by atoms with Crippen molar-refractivity contribution in [3.63, 3.8) is 0 Å². The fraction of sp³-hybridized carbons (Fsp3) is 0.185. The van der Waals surface area contributed by atoms with E-state index in [4.69, 9.17) is 9.47 Å². The Kier molecular flexibility index (Phi) is 7.95. The van der Waals surface area contributed by atoms with Gasteiger partial charge < -0.3 is 9.47 Å². The van der Waals surface area contributed by atoms with Crippen LogP contribution in [0.5, 0.6) is 5.75 Å². The van der Waals surface area contributed by atoms with Gasteiger partial charge in [-0.1, -0.05) is 84.6 Å². The maximum absolute atomic E-state index is 12.7. The Bertz CT molecular complexity index is 1200. The zero-order valence-corrected chi connectivity index (χ0v) is 19.5. The quantitative estimate of drug-likeness (QED) is 0.273. The fourth-order valence-corrected chi connectivity index (χ4v) is 4.71. The van der Waals surface area contributed by atoms with Gasteiger partial charge in [0.1, 0.15) is 18.3 Å². The number of rotatable bonds is 9.